The second kappa shape index (κ2) is 7.99. The summed E-state index contributed by atoms with van der Waals surface area (Å²) in [4.78, 5) is 2.24. The van der Waals surface area contributed by atoms with Gasteiger partial charge in [-0.1, -0.05) is 30.7 Å². The monoisotopic (exact) mass is 312 g/mol. The standard InChI is InChI=1S/C16H25ClN2O2/c1-3-7-18-8-13-5-4-6-15(17)16(13)19-9-12(2)21-14(10-19)11-20/h4-6,12,14,18,20H,3,7-11H2,1-2H3. The van der Waals surface area contributed by atoms with Crippen LogP contribution in [0.4, 0.5) is 5.69 Å². The molecular weight excluding hydrogens is 288 g/mol. The van der Waals surface area contributed by atoms with Crippen LogP contribution in [0.15, 0.2) is 18.2 Å². The second-order valence-corrected chi connectivity index (χ2v) is 5.99. The molecular formula is C16H25ClN2O2. The van der Waals surface area contributed by atoms with Gasteiger partial charge < -0.3 is 20.1 Å². The highest BCUT2D eigenvalue weighted by atomic mass is 35.5. The minimum absolute atomic E-state index is 0.0364. The first-order valence-electron chi connectivity index (χ1n) is 7.65. The molecule has 2 atom stereocenters. The summed E-state index contributed by atoms with van der Waals surface area (Å²) >= 11 is 6.44. The van der Waals surface area contributed by atoms with Crippen LogP contribution < -0.4 is 10.2 Å². The first kappa shape index (κ1) is 16.6. The van der Waals surface area contributed by atoms with Crippen LogP contribution in [0.2, 0.25) is 5.02 Å². The molecule has 0 aliphatic carbocycles. The normalized spacial score (nSPS) is 22.6. The zero-order valence-electron chi connectivity index (χ0n) is 12.8. The van der Waals surface area contributed by atoms with Crippen molar-refractivity contribution in [3.8, 4) is 0 Å². The van der Waals surface area contributed by atoms with Gasteiger partial charge in [0.2, 0.25) is 0 Å². The Balaban J connectivity index is 2.20. The molecule has 1 fully saturated rings. The Hall–Kier alpha value is -0.810. The molecule has 2 N–H and O–H groups in total. The van der Waals surface area contributed by atoms with Crippen molar-refractivity contribution in [2.75, 3.05) is 31.1 Å². The lowest BCUT2D eigenvalue weighted by molar-refractivity contribution is -0.0421. The van der Waals surface area contributed by atoms with Crippen molar-refractivity contribution in [3.05, 3.63) is 28.8 Å². The number of anilines is 1. The van der Waals surface area contributed by atoms with E-state index in [1.54, 1.807) is 0 Å². The molecule has 1 saturated heterocycles. The lowest BCUT2D eigenvalue weighted by atomic mass is 10.1. The van der Waals surface area contributed by atoms with E-state index >= 15 is 0 Å². The number of halogens is 1. The molecule has 1 aromatic rings. The summed E-state index contributed by atoms with van der Waals surface area (Å²) in [6.45, 7) is 7.48. The Bertz CT molecular complexity index is 456. The SMILES string of the molecule is CCCNCc1cccc(Cl)c1N1CC(C)OC(CO)C1. The van der Waals surface area contributed by atoms with Crippen LogP contribution >= 0.6 is 11.6 Å². The molecule has 1 aromatic carbocycles. The molecule has 118 valence electrons. The van der Waals surface area contributed by atoms with Gasteiger partial charge in [-0.3, -0.25) is 0 Å². The van der Waals surface area contributed by atoms with E-state index in [2.05, 4.69) is 23.2 Å². The van der Waals surface area contributed by atoms with Gasteiger partial charge in [-0.05, 0) is 31.5 Å². The third kappa shape index (κ3) is 4.33. The van der Waals surface area contributed by atoms with E-state index in [9.17, 15) is 5.11 Å². The third-order valence-electron chi connectivity index (χ3n) is 3.66. The predicted octanol–water partition coefficient (Wildman–Crippen LogP) is 2.43. The van der Waals surface area contributed by atoms with E-state index in [1.165, 1.54) is 5.56 Å². The first-order valence-corrected chi connectivity index (χ1v) is 8.02. The predicted molar refractivity (Wildman–Crippen MR) is 87.1 cm³/mol. The average Bonchev–Trinajstić information content (AvgIpc) is 2.47. The molecule has 21 heavy (non-hydrogen) atoms. The number of nitrogens with one attached hydrogen (secondary N) is 1. The summed E-state index contributed by atoms with van der Waals surface area (Å²) in [6, 6.07) is 6.02. The van der Waals surface area contributed by atoms with E-state index in [1.807, 2.05) is 19.1 Å². The number of nitrogens with zero attached hydrogens (tertiary/aromatic N) is 1. The van der Waals surface area contributed by atoms with Crippen molar-refractivity contribution in [2.45, 2.75) is 39.0 Å². The number of hydrogen-bond donors (Lipinski definition) is 2. The number of para-hydroxylation sites is 1. The van der Waals surface area contributed by atoms with E-state index < -0.39 is 0 Å². The number of morpholine rings is 1. The van der Waals surface area contributed by atoms with Crippen molar-refractivity contribution in [2.24, 2.45) is 0 Å². The Morgan fingerprint density at radius 1 is 1.43 bits per heavy atom. The van der Waals surface area contributed by atoms with Crippen LogP contribution in [0.5, 0.6) is 0 Å². The Morgan fingerprint density at radius 2 is 2.24 bits per heavy atom. The minimum Gasteiger partial charge on any atom is -0.394 e. The van der Waals surface area contributed by atoms with Gasteiger partial charge in [-0.15, -0.1) is 0 Å². The molecule has 0 amide bonds. The first-order chi connectivity index (χ1) is 10.2. The number of aliphatic hydroxyl groups is 1. The van der Waals surface area contributed by atoms with Gasteiger partial charge in [-0.2, -0.15) is 0 Å². The van der Waals surface area contributed by atoms with E-state index in [4.69, 9.17) is 16.3 Å². The van der Waals surface area contributed by atoms with Crippen molar-refractivity contribution < 1.29 is 9.84 Å². The molecule has 0 radical (unpaired) electrons. The number of rotatable bonds is 6. The fourth-order valence-electron chi connectivity index (χ4n) is 2.79. The Kier molecular flexibility index (Phi) is 6.30. The summed E-state index contributed by atoms with van der Waals surface area (Å²) in [5.41, 5.74) is 2.26. The average molecular weight is 313 g/mol. The van der Waals surface area contributed by atoms with E-state index in [0.29, 0.717) is 6.54 Å². The van der Waals surface area contributed by atoms with Gasteiger partial charge >= 0.3 is 0 Å². The van der Waals surface area contributed by atoms with E-state index in [-0.39, 0.29) is 18.8 Å². The van der Waals surface area contributed by atoms with Crippen LogP contribution in [-0.2, 0) is 11.3 Å². The number of hydrogen-bond acceptors (Lipinski definition) is 4. The third-order valence-corrected chi connectivity index (χ3v) is 3.96. The minimum atomic E-state index is -0.151. The van der Waals surface area contributed by atoms with Crippen LogP contribution in [0.3, 0.4) is 0 Å². The quantitative estimate of drug-likeness (QED) is 0.792. The highest BCUT2D eigenvalue weighted by Crippen LogP contribution is 2.32. The fourth-order valence-corrected chi connectivity index (χ4v) is 3.10. The zero-order chi connectivity index (χ0) is 15.2. The smallest absolute Gasteiger partial charge is 0.0984 e. The van der Waals surface area contributed by atoms with Gasteiger partial charge in [-0.25, -0.2) is 0 Å². The maximum Gasteiger partial charge on any atom is 0.0984 e. The Labute approximate surface area is 132 Å². The van der Waals surface area contributed by atoms with Crippen LogP contribution in [0.25, 0.3) is 0 Å². The van der Waals surface area contributed by atoms with Crippen LogP contribution in [-0.4, -0.2) is 43.6 Å². The number of ether oxygens (including phenoxy) is 1. The van der Waals surface area contributed by atoms with Crippen molar-refractivity contribution in [1.82, 2.24) is 5.32 Å². The lowest BCUT2D eigenvalue weighted by Crippen LogP contribution is -2.48. The molecule has 0 aromatic heterocycles. The summed E-state index contributed by atoms with van der Waals surface area (Å²) in [6.07, 6.45) is 1.04. The topological polar surface area (TPSA) is 44.7 Å². The molecule has 0 spiro atoms. The summed E-state index contributed by atoms with van der Waals surface area (Å²) in [5.74, 6) is 0. The molecule has 5 heteroatoms. The molecule has 2 rings (SSSR count). The highest BCUT2D eigenvalue weighted by Gasteiger charge is 2.27. The highest BCUT2D eigenvalue weighted by molar-refractivity contribution is 6.33. The number of benzene rings is 1. The maximum atomic E-state index is 9.39. The molecule has 0 bridgehead atoms. The molecule has 0 saturated carbocycles. The van der Waals surface area contributed by atoms with E-state index in [0.717, 1.165) is 36.8 Å². The fraction of sp³-hybridized carbons (Fsp3) is 0.625. The van der Waals surface area contributed by atoms with Crippen LogP contribution in [0, 0.1) is 0 Å². The van der Waals surface area contributed by atoms with Gasteiger partial charge in [0.15, 0.2) is 0 Å². The summed E-state index contributed by atoms with van der Waals surface area (Å²) in [7, 11) is 0. The van der Waals surface area contributed by atoms with Gasteiger partial charge in [0.25, 0.3) is 0 Å². The van der Waals surface area contributed by atoms with Gasteiger partial charge in [0.1, 0.15) is 0 Å². The molecule has 2 unspecified atom stereocenters. The number of aliphatic hydroxyl groups excluding tert-OH is 1. The lowest BCUT2D eigenvalue weighted by Gasteiger charge is -2.38. The van der Waals surface area contributed by atoms with Crippen molar-refractivity contribution in [3.63, 3.8) is 0 Å². The Morgan fingerprint density at radius 3 is 2.95 bits per heavy atom. The summed E-state index contributed by atoms with van der Waals surface area (Å²) < 4.78 is 5.72. The maximum absolute atomic E-state index is 9.39. The van der Waals surface area contributed by atoms with Crippen LogP contribution in [0.1, 0.15) is 25.8 Å². The van der Waals surface area contributed by atoms with Gasteiger partial charge in [0, 0.05) is 19.6 Å². The molecule has 4 nitrogen and oxygen atoms in total. The largest absolute Gasteiger partial charge is 0.394 e. The second-order valence-electron chi connectivity index (χ2n) is 5.58. The van der Waals surface area contributed by atoms with Crippen molar-refractivity contribution in [1.29, 1.82) is 0 Å². The molecule has 1 heterocycles. The zero-order valence-corrected chi connectivity index (χ0v) is 13.6. The van der Waals surface area contributed by atoms with Gasteiger partial charge in [0.05, 0.1) is 29.5 Å². The summed E-state index contributed by atoms with van der Waals surface area (Å²) in [5, 5.41) is 13.6. The van der Waals surface area contributed by atoms with Crippen molar-refractivity contribution >= 4 is 17.3 Å². The molecule has 1 aliphatic heterocycles. The molecule has 1 aliphatic rings.